The third-order valence-corrected chi connectivity index (χ3v) is 23.6. The van der Waals surface area contributed by atoms with Crippen LogP contribution in [0.3, 0.4) is 0 Å². The molecule has 17 atom stereocenters. The zero-order valence-corrected chi connectivity index (χ0v) is 46.0. The second-order valence-electron chi connectivity index (χ2n) is 27.7. The van der Waals surface area contributed by atoms with Crippen LogP contribution in [0.25, 0.3) is 0 Å². The number of β-amino-alcohol motifs (C(OH)–C–C–N with tert-alkyl or cyclic N) is 1. The van der Waals surface area contributed by atoms with Gasteiger partial charge in [0.15, 0.2) is 5.78 Å². The van der Waals surface area contributed by atoms with Crippen molar-refractivity contribution in [1.29, 1.82) is 0 Å². The lowest BCUT2D eigenvalue weighted by Crippen LogP contribution is -2.72. The van der Waals surface area contributed by atoms with Gasteiger partial charge < -0.3 is 41.5 Å². The number of hydrogen-bond donors (Lipinski definition) is 7. The van der Waals surface area contributed by atoms with Crippen LogP contribution in [0.2, 0.25) is 0 Å². The maximum Gasteiger partial charge on any atom is 0.160 e. The maximum absolute atomic E-state index is 16.0. The number of allylic oxidation sites excluding steroid dienone is 2. The van der Waals surface area contributed by atoms with E-state index < -0.39 is 28.1 Å². The van der Waals surface area contributed by atoms with Gasteiger partial charge in [-0.1, -0.05) is 83.1 Å². The fraction of sp³-hybridized carbons (Fsp3) is 0.750. The van der Waals surface area contributed by atoms with Crippen molar-refractivity contribution in [3.8, 4) is 5.75 Å². The second-order valence-corrected chi connectivity index (χ2v) is 27.7. The highest BCUT2D eigenvalue weighted by atomic mass is 16.6. The number of phenolic OH excluding ortho intramolecular Hbond substituents is 1. The number of rotatable bonds is 12. The number of aromatic hydroxyl groups is 1. The Labute approximate surface area is 443 Å². The largest absolute Gasteiger partial charge is 0.508 e. The van der Waals surface area contributed by atoms with Crippen LogP contribution in [-0.4, -0.2) is 81.6 Å². The molecule has 11 rings (SSSR count). The number of carbonyl (C=O) groups is 2. The van der Waals surface area contributed by atoms with Gasteiger partial charge in [-0.2, -0.15) is 0 Å². The van der Waals surface area contributed by atoms with Gasteiger partial charge in [0.1, 0.15) is 17.6 Å². The molecular formula is C64H93N3O7. The molecule has 9 aliphatic rings. The molecule has 6 saturated carbocycles. The van der Waals surface area contributed by atoms with Crippen molar-refractivity contribution in [3.05, 3.63) is 70.3 Å². The Bertz CT molecular complexity index is 2480. The summed E-state index contributed by atoms with van der Waals surface area (Å²) >= 11 is 0. The number of phenols is 1. The van der Waals surface area contributed by atoms with Gasteiger partial charge >= 0.3 is 0 Å². The molecule has 17 unspecified atom stereocenters. The molecule has 8 N–H and O–H groups in total. The van der Waals surface area contributed by atoms with E-state index in [0.717, 1.165) is 125 Å². The van der Waals surface area contributed by atoms with Crippen molar-refractivity contribution in [1.82, 2.24) is 10.6 Å². The quantitative estimate of drug-likeness (QED) is 0.0800. The molecule has 2 heterocycles. The minimum absolute atomic E-state index is 0.0478. The first kappa shape index (κ1) is 52.9. The van der Waals surface area contributed by atoms with Crippen LogP contribution in [0.1, 0.15) is 198 Å². The number of aliphatic hydroxyl groups is 3. The monoisotopic (exact) mass is 1020 g/mol. The normalized spacial score (nSPS) is 43.4. The van der Waals surface area contributed by atoms with Crippen molar-refractivity contribution >= 4 is 17.3 Å². The lowest BCUT2D eigenvalue weighted by atomic mass is 9.31. The first-order chi connectivity index (χ1) is 35.3. The number of fused-ring (bicyclic) bond motifs is 4. The fourth-order valence-corrected chi connectivity index (χ4v) is 20.2. The molecule has 2 aromatic rings. The van der Waals surface area contributed by atoms with E-state index in [2.05, 4.69) is 62.6 Å². The average molecular weight is 1020 g/mol. The third-order valence-electron chi connectivity index (χ3n) is 23.6. The van der Waals surface area contributed by atoms with Gasteiger partial charge in [-0.25, -0.2) is 0 Å². The van der Waals surface area contributed by atoms with E-state index in [0.29, 0.717) is 50.0 Å². The highest BCUT2D eigenvalue weighted by molar-refractivity contribution is 6.01. The Balaban J connectivity index is 1.01. The molecule has 2 aliphatic heterocycles. The molecule has 0 amide bonds. The Kier molecular flexibility index (Phi) is 14.1. The zero-order valence-electron chi connectivity index (χ0n) is 46.0. The molecule has 10 nitrogen and oxygen atoms in total. The van der Waals surface area contributed by atoms with Crippen molar-refractivity contribution in [2.45, 2.75) is 217 Å². The molecule has 0 radical (unpaired) electrons. The second kappa shape index (κ2) is 19.7. The van der Waals surface area contributed by atoms with E-state index in [4.69, 9.17) is 10.5 Å². The summed E-state index contributed by atoms with van der Waals surface area (Å²) in [7, 11) is 1.92. The van der Waals surface area contributed by atoms with E-state index >= 15 is 9.59 Å². The predicted octanol–water partition coefficient (Wildman–Crippen LogP) is 10.8. The number of nitrogens with two attached hydrogens (primary N) is 1. The first-order valence-corrected chi connectivity index (χ1v) is 29.9. The maximum atomic E-state index is 16.0. The van der Waals surface area contributed by atoms with Gasteiger partial charge in [0, 0.05) is 54.6 Å². The Morgan fingerprint density at radius 2 is 1.65 bits per heavy atom. The van der Waals surface area contributed by atoms with Crippen LogP contribution in [0, 0.1) is 63.1 Å². The summed E-state index contributed by atoms with van der Waals surface area (Å²) < 4.78 is 6.76. The molecule has 0 spiro atoms. The topological polar surface area (TPSA) is 178 Å². The number of epoxide rings is 1. The standard InChI is InChI=1S/C64H93N3O7/c1-59(73)24-9-10-25-60(2)56-51(67-37-59)33-62(4)54(64(56,43-17-7-8-18-43)32-48(57(60)72)42-27-39(35-66-6)28-45(69)30-42)23-22-50-55(53(71)34-61(50,62)3)47(40-15-11-14-38(26-40)36-68)31-52(70)58-63(5,74-58)49-21-13-20-46(49)41-16-12-19-44(65)29-41/h12,16,19,27-30,38,40,43,46-49,51-52,54,56,58,66-70,73H,7-11,13-15,17-18,20-26,31-37,65H2,1-6H3. The van der Waals surface area contributed by atoms with Crippen molar-refractivity contribution < 1.29 is 34.8 Å². The summed E-state index contributed by atoms with van der Waals surface area (Å²) in [5.41, 5.74) is 9.58. The van der Waals surface area contributed by atoms with Gasteiger partial charge in [-0.05, 0) is 215 Å². The molecule has 8 fully saturated rings. The van der Waals surface area contributed by atoms with Gasteiger partial charge in [0.2, 0.25) is 0 Å². The Hall–Kier alpha value is -3.12. The van der Waals surface area contributed by atoms with Gasteiger partial charge in [-0.3, -0.25) is 9.59 Å². The predicted molar refractivity (Wildman–Crippen MR) is 291 cm³/mol. The van der Waals surface area contributed by atoms with E-state index in [1.165, 1.54) is 24.0 Å². The minimum atomic E-state index is -0.887. The number of nitrogens with one attached hydrogen (secondary N) is 2. The van der Waals surface area contributed by atoms with Crippen LogP contribution in [0.5, 0.6) is 5.75 Å². The number of ether oxygens (including phenoxy) is 1. The van der Waals surface area contributed by atoms with Crippen LogP contribution in [0.4, 0.5) is 5.69 Å². The van der Waals surface area contributed by atoms with Crippen molar-refractivity contribution in [3.63, 3.8) is 0 Å². The fourth-order valence-electron chi connectivity index (χ4n) is 20.2. The summed E-state index contributed by atoms with van der Waals surface area (Å²) in [6.07, 6.45) is 18.1. The lowest BCUT2D eigenvalue weighted by Gasteiger charge is -2.73. The SMILES string of the molecule is CNCc1cc(O)cc(C2CC3(C4CCCC4)C4C(CC5(C)C3CCC3=C(C(CC(O)C6OC6(C)C6CCCC6c6cccc(N)c6)C6CCCC(CO)C6)C(=O)CC35C)NCC(C)(O)CCCCC4(C)C2=O)c1. The lowest BCUT2D eigenvalue weighted by molar-refractivity contribution is -0.222. The average Bonchev–Trinajstić information content (AvgIpc) is 3.87. The summed E-state index contributed by atoms with van der Waals surface area (Å²) in [6.45, 7) is 12.7. The molecule has 0 bridgehead atoms. The van der Waals surface area contributed by atoms with Gasteiger partial charge in [-0.15, -0.1) is 0 Å². The van der Waals surface area contributed by atoms with Crippen molar-refractivity contribution in [2.75, 3.05) is 25.9 Å². The Morgan fingerprint density at radius 1 is 0.878 bits per heavy atom. The summed E-state index contributed by atoms with van der Waals surface area (Å²) in [4.78, 5) is 31.7. The van der Waals surface area contributed by atoms with Crippen LogP contribution >= 0.6 is 0 Å². The molecule has 74 heavy (non-hydrogen) atoms. The number of benzene rings is 2. The molecule has 0 aromatic heterocycles. The number of anilines is 1. The summed E-state index contributed by atoms with van der Waals surface area (Å²) in [5, 5.41) is 54.1. The molecule has 7 aliphatic carbocycles. The molecule has 10 heteroatoms. The van der Waals surface area contributed by atoms with Crippen LogP contribution in [0.15, 0.2) is 53.6 Å². The van der Waals surface area contributed by atoms with Crippen molar-refractivity contribution in [2.24, 2.45) is 63.1 Å². The molecule has 406 valence electrons. The van der Waals surface area contributed by atoms with E-state index in [1.54, 1.807) is 0 Å². The van der Waals surface area contributed by atoms with Gasteiger partial charge in [0.05, 0.1) is 17.3 Å². The zero-order chi connectivity index (χ0) is 52.2. The number of carbonyl (C=O) groups excluding carboxylic acids is 2. The third kappa shape index (κ3) is 8.62. The highest BCUT2D eigenvalue weighted by Crippen LogP contribution is 2.78. The Morgan fingerprint density at radius 3 is 2.41 bits per heavy atom. The van der Waals surface area contributed by atoms with Crippen LogP contribution < -0.4 is 16.4 Å². The summed E-state index contributed by atoms with van der Waals surface area (Å²) in [6, 6.07) is 14.2. The number of ketones is 2. The van der Waals surface area contributed by atoms with Gasteiger partial charge in [0.25, 0.3) is 0 Å². The van der Waals surface area contributed by atoms with E-state index in [-0.39, 0.29) is 82.5 Å². The number of hydrogen-bond acceptors (Lipinski definition) is 10. The molecule has 2 aromatic carbocycles. The number of nitrogen functional groups attached to an aromatic ring is 1. The number of aliphatic hydroxyl groups excluding tert-OH is 2. The smallest absolute Gasteiger partial charge is 0.160 e. The van der Waals surface area contributed by atoms with E-state index in [9.17, 15) is 20.4 Å². The van der Waals surface area contributed by atoms with E-state index in [1.807, 2.05) is 32.2 Å². The first-order valence-electron chi connectivity index (χ1n) is 29.9. The number of Topliss-reactive ketones (excluding diaryl/α,β-unsaturated/α-hetero) is 2. The highest BCUT2D eigenvalue weighted by Gasteiger charge is 2.75. The minimum Gasteiger partial charge on any atom is -0.508 e. The molecule has 2 saturated heterocycles. The van der Waals surface area contributed by atoms with Crippen LogP contribution in [-0.2, 0) is 20.9 Å². The summed E-state index contributed by atoms with van der Waals surface area (Å²) in [5.74, 6) is 1.94. The molecular weight excluding hydrogens is 923 g/mol.